The summed E-state index contributed by atoms with van der Waals surface area (Å²) in [6, 6.07) is 44.2. The molecule has 64 heavy (non-hydrogen) atoms. The van der Waals surface area contributed by atoms with Crippen LogP contribution in [0.5, 0.6) is 46.0 Å². The van der Waals surface area contributed by atoms with E-state index in [-0.39, 0.29) is 45.7 Å². The van der Waals surface area contributed by atoms with Crippen molar-refractivity contribution in [1.29, 1.82) is 0 Å². The summed E-state index contributed by atoms with van der Waals surface area (Å²) in [5.74, 6) is 1.64. The summed E-state index contributed by atoms with van der Waals surface area (Å²) in [5, 5.41) is 0. The third-order valence-corrected chi connectivity index (χ3v) is 10.3. The summed E-state index contributed by atoms with van der Waals surface area (Å²) in [6.45, 7) is 0. The van der Waals surface area contributed by atoms with Gasteiger partial charge in [-0.05, 0) is 169 Å². The number of rotatable bonds is 2. The Kier molecular flexibility index (Phi) is 10.7. The lowest BCUT2D eigenvalue weighted by Gasteiger charge is -2.16. The van der Waals surface area contributed by atoms with Crippen molar-refractivity contribution >= 4 is 11.6 Å². The average molecular weight is 865 g/mol. The zero-order valence-electron chi connectivity index (χ0n) is 33.0. The molecule has 0 aromatic heterocycles. The van der Waals surface area contributed by atoms with Gasteiger partial charge in [0.15, 0.2) is 11.6 Å². The Balaban J connectivity index is 1.09. The van der Waals surface area contributed by atoms with Crippen LogP contribution < -0.4 is 18.9 Å². The van der Waals surface area contributed by atoms with Crippen LogP contribution in [-0.2, 0) is 12.4 Å². The molecule has 0 saturated carbocycles. The molecule has 0 unspecified atom stereocenters. The first-order valence-corrected chi connectivity index (χ1v) is 19.6. The van der Waals surface area contributed by atoms with Crippen molar-refractivity contribution in [2.45, 2.75) is 12.4 Å². The smallest absolute Gasteiger partial charge is 0.416 e. The second-order valence-corrected chi connectivity index (χ2v) is 14.6. The molecule has 0 atom stereocenters. The molecule has 0 spiro atoms. The fourth-order valence-corrected chi connectivity index (χ4v) is 7.06. The molecule has 0 N–H and O–H groups in total. The van der Waals surface area contributed by atoms with Crippen molar-refractivity contribution in [2.75, 3.05) is 0 Å². The van der Waals surface area contributed by atoms with Crippen molar-refractivity contribution in [3.05, 3.63) is 215 Å². The number of carbonyl (C=O) groups excluding carboxylic acids is 2. The van der Waals surface area contributed by atoms with Crippen LogP contribution in [0.2, 0.25) is 0 Å². The second-order valence-electron chi connectivity index (χ2n) is 14.6. The highest BCUT2D eigenvalue weighted by atomic mass is 19.4. The topological polar surface area (TPSA) is 71.1 Å². The highest BCUT2D eigenvalue weighted by Gasteiger charge is 2.32. The normalized spacial score (nSPS) is 12.8. The number of hydrogen-bond acceptors (Lipinski definition) is 6. The molecule has 8 aromatic carbocycles. The molecule has 8 aromatic rings. The van der Waals surface area contributed by atoms with Crippen LogP contribution >= 0.6 is 0 Å². The van der Waals surface area contributed by atoms with Gasteiger partial charge in [0.05, 0.1) is 11.1 Å². The molecule has 0 fully saturated rings. The third-order valence-electron chi connectivity index (χ3n) is 10.3. The number of hydrogen-bond donors (Lipinski definition) is 0. The van der Waals surface area contributed by atoms with Gasteiger partial charge in [0.2, 0.25) is 0 Å². The minimum atomic E-state index is -4.60. The molecule has 0 radical (unpaired) electrons. The number of ether oxygens (including phenoxy) is 4. The van der Waals surface area contributed by atoms with E-state index >= 15 is 0 Å². The maximum atomic E-state index is 13.8. The van der Waals surface area contributed by atoms with E-state index in [1.807, 2.05) is 0 Å². The van der Waals surface area contributed by atoms with Crippen molar-refractivity contribution in [3.63, 3.8) is 0 Å². The number of ketones is 2. The van der Waals surface area contributed by atoms with Gasteiger partial charge in [0.1, 0.15) is 46.0 Å². The van der Waals surface area contributed by atoms with E-state index in [4.69, 9.17) is 18.9 Å². The van der Waals surface area contributed by atoms with Crippen molar-refractivity contribution in [1.82, 2.24) is 0 Å². The minimum Gasteiger partial charge on any atom is -0.457 e. The van der Waals surface area contributed by atoms with E-state index < -0.39 is 23.5 Å². The molecule has 10 aliphatic rings. The van der Waals surface area contributed by atoms with E-state index in [9.17, 15) is 35.9 Å². The van der Waals surface area contributed by atoms with Gasteiger partial charge in [0.25, 0.3) is 0 Å². The van der Waals surface area contributed by atoms with Gasteiger partial charge in [-0.3, -0.25) is 9.59 Å². The summed E-state index contributed by atoms with van der Waals surface area (Å²) in [7, 11) is 0. The Bertz CT molecular complexity index is 2820. The second kappa shape index (κ2) is 16.6. The molecule has 10 heterocycles. The van der Waals surface area contributed by atoms with Crippen LogP contribution in [0, 0.1) is 0 Å². The number of halogens is 6. The molecule has 6 nitrogen and oxygen atoms in total. The lowest BCUT2D eigenvalue weighted by molar-refractivity contribution is -0.138. The van der Waals surface area contributed by atoms with Crippen LogP contribution in [0.15, 0.2) is 182 Å². The van der Waals surface area contributed by atoms with Gasteiger partial charge >= 0.3 is 12.4 Å². The van der Waals surface area contributed by atoms with Crippen molar-refractivity contribution in [2.24, 2.45) is 0 Å². The summed E-state index contributed by atoms with van der Waals surface area (Å²) < 4.78 is 107. The standard InChI is InChI=1S/C52H30F6O6/c53-51(54,55)37-5-1-3-35(27-37)45-29-43-23-25-47(45)63-41-19-11-33(12-20-41)49(59)32-9-17-40(18-10-32)62-44-24-26-48(46(30-44)36-4-2-6-38(28-36)52(56,57)58)64-42-21-13-34(14-22-42)50(60)31-7-15-39(61-43)16-8-31/h1-30H. The van der Waals surface area contributed by atoms with Gasteiger partial charge in [0, 0.05) is 33.4 Å². The third kappa shape index (κ3) is 8.93. The van der Waals surface area contributed by atoms with Crippen LogP contribution in [0.3, 0.4) is 0 Å². The summed E-state index contributed by atoms with van der Waals surface area (Å²) in [5.41, 5.74) is 0.640. The minimum absolute atomic E-state index is 0.214. The lowest BCUT2D eigenvalue weighted by Crippen LogP contribution is -2.04. The van der Waals surface area contributed by atoms with Gasteiger partial charge in [-0.1, -0.05) is 24.3 Å². The molecule has 18 rings (SSSR count). The van der Waals surface area contributed by atoms with Crippen LogP contribution in [-0.4, -0.2) is 11.6 Å². The van der Waals surface area contributed by atoms with E-state index in [0.29, 0.717) is 56.4 Å². The number of alkyl halides is 6. The maximum absolute atomic E-state index is 13.8. The van der Waals surface area contributed by atoms with E-state index in [2.05, 4.69) is 0 Å². The van der Waals surface area contributed by atoms with Gasteiger partial charge in [-0.15, -0.1) is 0 Å². The Labute approximate surface area is 361 Å². The summed E-state index contributed by atoms with van der Waals surface area (Å²) in [6.07, 6.45) is -9.20. The van der Waals surface area contributed by atoms with Crippen LogP contribution in [0.4, 0.5) is 26.3 Å². The van der Waals surface area contributed by atoms with Crippen LogP contribution in [0.25, 0.3) is 22.3 Å². The Morgan fingerprint density at radius 3 is 0.906 bits per heavy atom. The van der Waals surface area contributed by atoms with E-state index in [1.54, 1.807) is 133 Å². The highest BCUT2D eigenvalue weighted by Crippen LogP contribution is 2.42. The molecule has 12 heteroatoms. The number of benzene rings is 8. The Morgan fingerprint density at radius 2 is 0.594 bits per heavy atom. The van der Waals surface area contributed by atoms with Gasteiger partial charge < -0.3 is 18.9 Å². The molecule has 0 aliphatic carbocycles. The lowest BCUT2D eigenvalue weighted by atomic mass is 10.0. The molecule has 0 saturated heterocycles. The van der Waals surface area contributed by atoms with Crippen molar-refractivity contribution in [3.8, 4) is 68.2 Å². The first-order chi connectivity index (χ1) is 30.7. The van der Waals surface area contributed by atoms with Crippen molar-refractivity contribution < 1.29 is 54.9 Å². The summed E-state index contributed by atoms with van der Waals surface area (Å²) >= 11 is 0. The zero-order chi connectivity index (χ0) is 44.6. The van der Waals surface area contributed by atoms with E-state index in [1.165, 1.54) is 24.3 Å². The SMILES string of the molecule is O=C1c2ccc(cc2)Oc2ccc(c(-c3cccc(C(F)(F)F)c3)c2)Oc2ccc(cc2)C(=O)c2ccc(cc2)Oc2ccc(c(-c3cccc(C(F)(F)F)c3)c2)Oc2ccc1cc2. The first-order valence-electron chi connectivity index (χ1n) is 19.6. The molecule has 316 valence electrons. The van der Waals surface area contributed by atoms with Gasteiger partial charge in [-0.2, -0.15) is 26.3 Å². The average Bonchev–Trinajstić information content (AvgIpc) is 3.30. The molecular weight excluding hydrogens is 835 g/mol. The van der Waals surface area contributed by atoms with E-state index in [0.717, 1.165) is 24.3 Å². The molecular formula is C52H30F6O6. The fraction of sp³-hybridized carbons (Fsp3) is 0.0385. The zero-order valence-corrected chi connectivity index (χ0v) is 33.0. The Morgan fingerprint density at radius 1 is 0.297 bits per heavy atom. The number of carbonyl (C=O) groups is 2. The molecule has 12 bridgehead atoms. The predicted octanol–water partition coefficient (Wildman–Crippen LogP) is 15.0. The Hall–Kier alpha value is -8.12. The maximum Gasteiger partial charge on any atom is 0.416 e. The molecule has 0 amide bonds. The quantitative estimate of drug-likeness (QED) is 0.161. The molecule has 10 aliphatic heterocycles. The monoisotopic (exact) mass is 864 g/mol. The van der Waals surface area contributed by atoms with Crippen LogP contribution in [0.1, 0.15) is 43.0 Å². The largest absolute Gasteiger partial charge is 0.457 e. The first kappa shape index (κ1) is 41.2. The summed E-state index contributed by atoms with van der Waals surface area (Å²) in [4.78, 5) is 27.1. The highest BCUT2D eigenvalue weighted by molar-refractivity contribution is 6.09. The fourth-order valence-electron chi connectivity index (χ4n) is 7.06. The predicted molar refractivity (Wildman–Crippen MR) is 227 cm³/mol. The van der Waals surface area contributed by atoms with Gasteiger partial charge in [-0.25, -0.2) is 0 Å².